The van der Waals surface area contributed by atoms with Crippen LogP contribution in [0.3, 0.4) is 0 Å². The van der Waals surface area contributed by atoms with Crippen LogP contribution in [0.1, 0.15) is 27.0 Å². The summed E-state index contributed by atoms with van der Waals surface area (Å²) in [4.78, 5) is 17.4. The molecule has 2 aromatic heterocycles. The van der Waals surface area contributed by atoms with Gasteiger partial charge in [-0.1, -0.05) is 42.5 Å². The Morgan fingerprint density at radius 3 is 2.73 bits per heavy atom. The van der Waals surface area contributed by atoms with Crippen molar-refractivity contribution in [1.29, 1.82) is 0 Å². The first-order chi connectivity index (χ1) is 14.7. The molecule has 1 amide bonds. The van der Waals surface area contributed by atoms with E-state index in [0.717, 1.165) is 34.3 Å². The first-order valence-corrected chi connectivity index (χ1v) is 10.2. The van der Waals surface area contributed by atoms with Gasteiger partial charge in [-0.3, -0.25) is 4.79 Å². The number of rotatable bonds is 5. The SMILES string of the molecule is COc1ccc2c(n1)c(CCNC(=O)c1ccccc1C)c1n2Cc2ccccc2-1. The van der Waals surface area contributed by atoms with Gasteiger partial charge in [0.15, 0.2) is 0 Å². The molecule has 150 valence electrons. The van der Waals surface area contributed by atoms with Crippen molar-refractivity contribution in [2.75, 3.05) is 13.7 Å². The number of hydrogen-bond donors (Lipinski definition) is 1. The van der Waals surface area contributed by atoms with Crippen LogP contribution >= 0.6 is 0 Å². The molecule has 0 bridgehead atoms. The molecule has 1 aliphatic rings. The van der Waals surface area contributed by atoms with E-state index < -0.39 is 0 Å². The topological polar surface area (TPSA) is 56.1 Å². The van der Waals surface area contributed by atoms with Crippen molar-refractivity contribution < 1.29 is 9.53 Å². The lowest BCUT2D eigenvalue weighted by Gasteiger charge is -2.09. The number of aromatic nitrogens is 2. The maximum Gasteiger partial charge on any atom is 0.251 e. The molecule has 1 aliphatic heterocycles. The van der Waals surface area contributed by atoms with Gasteiger partial charge >= 0.3 is 0 Å². The number of pyridine rings is 1. The molecule has 0 unspecified atom stereocenters. The monoisotopic (exact) mass is 397 g/mol. The largest absolute Gasteiger partial charge is 0.481 e. The molecule has 3 heterocycles. The quantitative estimate of drug-likeness (QED) is 0.480. The van der Waals surface area contributed by atoms with E-state index in [1.807, 2.05) is 37.3 Å². The normalized spacial score (nSPS) is 11.9. The summed E-state index contributed by atoms with van der Waals surface area (Å²) in [5.41, 5.74) is 8.65. The second-order valence-electron chi connectivity index (χ2n) is 7.61. The summed E-state index contributed by atoms with van der Waals surface area (Å²) in [5, 5.41) is 3.08. The van der Waals surface area contributed by atoms with Crippen molar-refractivity contribution in [3.05, 3.63) is 82.9 Å². The van der Waals surface area contributed by atoms with Crippen LogP contribution in [0.25, 0.3) is 22.3 Å². The van der Waals surface area contributed by atoms with Gasteiger partial charge in [-0.25, -0.2) is 4.98 Å². The minimum absolute atomic E-state index is 0.0424. The summed E-state index contributed by atoms with van der Waals surface area (Å²) in [6.07, 6.45) is 0.699. The minimum atomic E-state index is -0.0424. The third-order valence-corrected chi connectivity index (χ3v) is 5.84. The fourth-order valence-electron chi connectivity index (χ4n) is 4.38. The smallest absolute Gasteiger partial charge is 0.251 e. The first kappa shape index (κ1) is 18.4. The third kappa shape index (κ3) is 2.94. The highest BCUT2D eigenvalue weighted by atomic mass is 16.5. The Hall–Kier alpha value is -3.60. The van der Waals surface area contributed by atoms with E-state index in [-0.39, 0.29) is 5.91 Å². The Morgan fingerprint density at radius 2 is 1.90 bits per heavy atom. The number of nitrogens with zero attached hydrogens (tertiary/aromatic N) is 2. The van der Waals surface area contributed by atoms with E-state index >= 15 is 0 Å². The highest BCUT2D eigenvalue weighted by molar-refractivity contribution is 5.96. The molecule has 30 heavy (non-hydrogen) atoms. The zero-order chi connectivity index (χ0) is 20.7. The van der Waals surface area contributed by atoms with Crippen molar-refractivity contribution in [2.45, 2.75) is 19.9 Å². The number of hydrogen-bond acceptors (Lipinski definition) is 3. The number of nitrogens with one attached hydrogen (secondary N) is 1. The summed E-state index contributed by atoms with van der Waals surface area (Å²) in [5.74, 6) is 0.560. The molecule has 0 spiro atoms. The predicted molar refractivity (Wildman–Crippen MR) is 118 cm³/mol. The second kappa shape index (κ2) is 7.34. The zero-order valence-corrected chi connectivity index (χ0v) is 17.1. The number of methoxy groups -OCH3 is 1. The van der Waals surface area contributed by atoms with Gasteiger partial charge in [-0.2, -0.15) is 0 Å². The molecule has 0 fully saturated rings. The minimum Gasteiger partial charge on any atom is -0.481 e. The molecule has 0 saturated heterocycles. The Kier molecular flexibility index (Phi) is 4.51. The highest BCUT2D eigenvalue weighted by Gasteiger charge is 2.26. The molecule has 0 saturated carbocycles. The molecular weight excluding hydrogens is 374 g/mol. The van der Waals surface area contributed by atoms with Gasteiger partial charge in [0, 0.05) is 35.8 Å². The highest BCUT2D eigenvalue weighted by Crippen LogP contribution is 2.41. The van der Waals surface area contributed by atoms with Gasteiger partial charge in [0.05, 0.1) is 23.8 Å². The van der Waals surface area contributed by atoms with Crippen molar-refractivity contribution in [2.24, 2.45) is 0 Å². The fourth-order valence-corrected chi connectivity index (χ4v) is 4.38. The predicted octanol–water partition coefficient (Wildman–Crippen LogP) is 4.35. The van der Waals surface area contributed by atoms with Gasteiger partial charge in [-0.15, -0.1) is 0 Å². The molecule has 0 radical (unpaired) electrons. The molecule has 2 aromatic carbocycles. The number of fused-ring (bicyclic) bond motifs is 5. The molecular formula is C25H23N3O2. The summed E-state index contributed by atoms with van der Waals surface area (Å²) >= 11 is 0. The maximum absolute atomic E-state index is 12.6. The van der Waals surface area contributed by atoms with E-state index in [4.69, 9.17) is 9.72 Å². The number of benzene rings is 2. The Bertz CT molecular complexity index is 1270. The molecule has 1 N–H and O–H groups in total. The molecule has 0 aliphatic carbocycles. The summed E-state index contributed by atoms with van der Waals surface area (Å²) < 4.78 is 7.70. The van der Waals surface area contributed by atoms with Crippen LogP contribution in [-0.4, -0.2) is 29.1 Å². The summed E-state index contributed by atoms with van der Waals surface area (Å²) in [6.45, 7) is 3.34. The number of aryl methyl sites for hydroxylation is 1. The Labute approximate surface area is 175 Å². The first-order valence-electron chi connectivity index (χ1n) is 10.2. The molecule has 4 aromatic rings. The van der Waals surface area contributed by atoms with E-state index in [9.17, 15) is 4.79 Å². The number of carbonyl (C=O) groups is 1. The molecule has 0 atom stereocenters. The third-order valence-electron chi connectivity index (χ3n) is 5.84. The van der Waals surface area contributed by atoms with Crippen molar-refractivity contribution in [3.8, 4) is 17.1 Å². The lowest BCUT2D eigenvalue weighted by atomic mass is 10.0. The summed E-state index contributed by atoms with van der Waals surface area (Å²) in [6, 6.07) is 20.1. The van der Waals surface area contributed by atoms with Crippen LogP contribution in [0.5, 0.6) is 5.88 Å². The van der Waals surface area contributed by atoms with Crippen LogP contribution < -0.4 is 10.1 Å². The van der Waals surface area contributed by atoms with E-state index in [1.54, 1.807) is 7.11 Å². The van der Waals surface area contributed by atoms with E-state index in [2.05, 4.69) is 40.2 Å². The Morgan fingerprint density at radius 1 is 1.10 bits per heavy atom. The number of carbonyl (C=O) groups excluding carboxylic acids is 1. The van der Waals surface area contributed by atoms with Gasteiger partial charge in [0.1, 0.15) is 0 Å². The van der Waals surface area contributed by atoms with Crippen molar-refractivity contribution >= 4 is 16.9 Å². The van der Waals surface area contributed by atoms with Crippen molar-refractivity contribution in [1.82, 2.24) is 14.9 Å². The standard InChI is InChI=1S/C25H23N3O2/c1-16-7-3-5-9-18(16)25(29)26-14-13-20-23-21(11-12-22(27-23)30-2)28-15-17-8-4-6-10-19(17)24(20)28/h3-12H,13-15H2,1-2H3,(H,26,29). The summed E-state index contributed by atoms with van der Waals surface area (Å²) in [7, 11) is 1.63. The van der Waals surface area contributed by atoms with Crippen molar-refractivity contribution in [3.63, 3.8) is 0 Å². The lowest BCUT2D eigenvalue weighted by molar-refractivity contribution is 0.0953. The Balaban J connectivity index is 1.49. The van der Waals surface area contributed by atoms with Gasteiger partial charge < -0.3 is 14.6 Å². The molecule has 5 heteroatoms. The number of ether oxygens (including phenoxy) is 1. The van der Waals surface area contributed by atoms with E-state index in [0.29, 0.717) is 18.8 Å². The molecule has 5 rings (SSSR count). The lowest BCUT2D eigenvalue weighted by Crippen LogP contribution is -2.26. The van der Waals surface area contributed by atoms with Gasteiger partial charge in [0.2, 0.25) is 5.88 Å². The van der Waals surface area contributed by atoms with E-state index in [1.165, 1.54) is 16.8 Å². The van der Waals surface area contributed by atoms with Crippen LogP contribution in [0.2, 0.25) is 0 Å². The van der Waals surface area contributed by atoms with Gasteiger partial charge in [-0.05, 0) is 36.6 Å². The van der Waals surface area contributed by atoms with Crippen LogP contribution in [-0.2, 0) is 13.0 Å². The molecule has 5 nitrogen and oxygen atoms in total. The van der Waals surface area contributed by atoms with Crippen LogP contribution in [0.4, 0.5) is 0 Å². The van der Waals surface area contributed by atoms with Crippen LogP contribution in [0.15, 0.2) is 60.7 Å². The second-order valence-corrected chi connectivity index (χ2v) is 7.61. The van der Waals surface area contributed by atoms with Gasteiger partial charge in [0.25, 0.3) is 5.91 Å². The van der Waals surface area contributed by atoms with Crippen LogP contribution in [0, 0.1) is 6.92 Å². The fraction of sp³-hybridized carbons (Fsp3) is 0.200. The zero-order valence-electron chi connectivity index (χ0n) is 17.1. The average molecular weight is 397 g/mol. The maximum atomic E-state index is 12.6. The number of amides is 1. The average Bonchev–Trinajstić information content (AvgIpc) is 3.29.